The number of fused-ring (bicyclic) bond motifs is 1. The Balaban J connectivity index is 1.70. The maximum absolute atomic E-state index is 13.0. The van der Waals surface area contributed by atoms with Crippen molar-refractivity contribution in [3.8, 4) is 0 Å². The van der Waals surface area contributed by atoms with Crippen LogP contribution in [-0.2, 0) is 10.9 Å². The number of hydrogen-bond acceptors (Lipinski definition) is 5. The fourth-order valence-electron chi connectivity index (χ4n) is 2.95. The molecule has 1 atom stereocenters. The van der Waals surface area contributed by atoms with Gasteiger partial charge in [-0.1, -0.05) is 0 Å². The van der Waals surface area contributed by atoms with Crippen molar-refractivity contribution >= 4 is 17.6 Å². The highest BCUT2D eigenvalue weighted by Gasteiger charge is 2.35. The molecule has 1 aliphatic heterocycles. The molecule has 0 aromatic carbocycles. The molecule has 26 heavy (non-hydrogen) atoms. The number of nitrogens with one attached hydrogen (secondary N) is 1. The van der Waals surface area contributed by atoms with Crippen molar-refractivity contribution in [2.45, 2.75) is 45.0 Å². The van der Waals surface area contributed by atoms with Crippen molar-refractivity contribution in [1.82, 2.24) is 19.5 Å². The number of rotatable bonds is 4. The molecule has 142 valence electrons. The number of carbonyl (C=O) groups excluding carboxylic acids is 1. The lowest BCUT2D eigenvalue weighted by molar-refractivity contribution is -0.136. The molecule has 3 rings (SSSR count). The predicted molar refractivity (Wildman–Crippen MR) is 87.8 cm³/mol. The summed E-state index contributed by atoms with van der Waals surface area (Å²) >= 11 is 0. The van der Waals surface area contributed by atoms with E-state index in [0.29, 0.717) is 18.9 Å². The van der Waals surface area contributed by atoms with E-state index >= 15 is 0 Å². The zero-order valence-corrected chi connectivity index (χ0v) is 14.5. The summed E-state index contributed by atoms with van der Waals surface area (Å²) < 4.78 is 45.3. The van der Waals surface area contributed by atoms with Gasteiger partial charge >= 0.3 is 12.3 Å². The highest BCUT2D eigenvalue weighted by molar-refractivity contribution is 5.68. The topological polar surface area (TPSA) is 71.8 Å². The Morgan fingerprint density at radius 2 is 2.23 bits per heavy atom. The second kappa shape index (κ2) is 7.00. The number of likely N-dealkylation sites (tertiary alicyclic amines) is 1. The van der Waals surface area contributed by atoms with Gasteiger partial charge in [0.05, 0.1) is 18.3 Å². The molecule has 0 bridgehead atoms. The molecule has 0 saturated carbocycles. The van der Waals surface area contributed by atoms with Crippen molar-refractivity contribution in [3.63, 3.8) is 0 Å². The number of ether oxygens (including phenoxy) is 1. The Kier molecular flexibility index (Phi) is 4.92. The third-order valence-corrected chi connectivity index (χ3v) is 4.14. The number of hydrogen-bond donors (Lipinski definition) is 1. The molecule has 1 unspecified atom stereocenters. The fraction of sp³-hybridized carbons (Fsp3) is 0.562. The van der Waals surface area contributed by atoms with Crippen molar-refractivity contribution < 1.29 is 22.7 Å². The van der Waals surface area contributed by atoms with E-state index in [9.17, 15) is 18.0 Å². The number of amides is 1. The molecule has 1 N–H and O–H groups in total. The normalized spacial score (nSPS) is 17.9. The molecule has 0 radical (unpaired) electrons. The number of alkyl halides is 3. The molecule has 1 saturated heterocycles. The van der Waals surface area contributed by atoms with Gasteiger partial charge in [-0.15, -0.1) is 0 Å². The maximum atomic E-state index is 13.0. The minimum Gasteiger partial charge on any atom is -0.447 e. The third-order valence-electron chi connectivity index (χ3n) is 4.14. The first kappa shape index (κ1) is 18.3. The second-order valence-electron chi connectivity index (χ2n) is 6.44. The number of carbonyl (C=O) groups is 1. The van der Waals surface area contributed by atoms with Gasteiger partial charge in [-0.3, -0.25) is 0 Å². The van der Waals surface area contributed by atoms with Gasteiger partial charge < -0.3 is 15.0 Å². The van der Waals surface area contributed by atoms with E-state index in [1.54, 1.807) is 24.8 Å². The SMILES string of the molecule is CC(C)OC(=O)N1CCCC1CNc1ccn2ncc(C(F)(F)F)c2n1. The Bertz CT molecular complexity index is 790. The molecule has 1 fully saturated rings. The van der Waals surface area contributed by atoms with Crippen molar-refractivity contribution in [2.24, 2.45) is 0 Å². The van der Waals surface area contributed by atoms with Crippen LogP contribution in [0.4, 0.5) is 23.8 Å². The van der Waals surface area contributed by atoms with Crippen LogP contribution in [0.5, 0.6) is 0 Å². The lowest BCUT2D eigenvalue weighted by atomic mass is 10.2. The maximum Gasteiger partial charge on any atom is 0.421 e. The molecular formula is C16H20F3N5O2. The van der Waals surface area contributed by atoms with Gasteiger partial charge in [0.25, 0.3) is 0 Å². The first-order chi connectivity index (χ1) is 12.3. The molecule has 0 aliphatic carbocycles. The van der Waals surface area contributed by atoms with Gasteiger partial charge in [-0.25, -0.2) is 14.3 Å². The largest absolute Gasteiger partial charge is 0.447 e. The van der Waals surface area contributed by atoms with Gasteiger partial charge in [-0.05, 0) is 32.8 Å². The smallest absolute Gasteiger partial charge is 0.421 e. The van der Waals surface area contributed by atoms with Crippen LogP contribution in [0, 0.1) is 0 Å². The zero-order valence-electron chi connectivity index (χ0n) is 14.5. The molecule has 10 heteroatoms. The van der Waals surface area contributed by atoms with Gasteiger partial charge in [0.15, 0.2) is 5.65 Å². The van der Waals surface area contributed by atoms with Crippen LogP contribution in [0.25, 0.3) is 5.65 Å². The van der Waals surface area contributed by atoms with Crippen molar-refractivity contribution in [2.75, 3.05) is 18.4 Å². The van der Waals surface area contributed by atoms with Crippen LogP contribution in [0.2, 0.25) is 0 Å². The Hall–Kier alpha value is -2.52. The van der Waals surface area contributed by atoms with Gasteiger partial charge in [0.2, 0.25) is 0 Å². The van der Waals surface area contributed by atoms with Gasteiger partial charge in [-0.2, -0.15) is 18.3 Å². The van der Waals surface area contributed by atoms with Crippen molar-refractivity contribution in [3.05, 3.63) is 24.0 Å². The molecule has 2 aromatic rings. The molecule has 0 spiro atoms. The van der Waals surface area contributed by atoms with E-state index in [2.05, 4.69) is 15.4 Å². The lowest BCUT2D eigenvalue weighted by Crippen LogP contribution is -2.40. The second-order valence-corrected chi connectivity index (χ2v) is 6.44. The van der Waals surface area contributed by atoms with E-state index < -0.39 is 11.7 Å². The quantitative estimate of drug-likeness (QED) is 0.894. The van der Waals surface area contributed by atoms with Crippen LogP contribution >= 0.6 is 0 Å². The monoisotopic (exact) mass is 371 g/mol. The number of nitrogens with zero attached hydrogens (tertiary/aromatic N) is 4. The fourth-order valence-corrected chi connectivity index (χ4v) is 2.95. The highest BCUT2D eigenvalue weighted by Crippen LogP contribution is 2.31. The molecule has 7 nitrogen and oxygen atoms in total. The van der Waals surface area contributed by atoms with Crippen LogP contribution in [0.15, 0.2) is 18.5 Å². The van der Waals surface area contributed by atoms with Crippen molar-refractivity contribution in [1.29, 1.82) is 0 Å². The summed E-state index contributed by atoms with van der Waals surface area (Å²) in [5.41, 5.74) is -1.14. The van der Waals surface area contributed by atoms with E-state index in [0.717, 1.165) is 23.6 Å². The number of halogens is 3. The molecule has 3 heterocycles. The average Bonchev–Trinajstić information content (AvgIpc) is 3.18. The third kappa shape index (κ3) is 3.83. The average molecular weight is 371 g/mol. The summed E-state index contributed by atoms with van der Waals surface area (Å²) in [6, 6.07) is 1.46. The van der Waals surface area contributed by atoms with E-state index in [-0.39, 0.29) is 23.9 Å². The molecular weight excluding hydrogens is 351 g/mol. The highest BCUT2D eigenvalue weighted by atomic mass is 19.4. The summed E-state index contributed by atoms with van der Waals surface area (Å²) in [5.74, 6) is 0.299. The summed E-state index contributed by atoms with van der Waals surface area (Å²) in [6.45, 7) is 4.55. The predicted octanol–water partition coefficient (Wildman–Crippen LogP) is 3.17. The lowest BCUT2D eigenvalue weighted by Gasteiger charge is -2.25. The molecule has 1 amide bonds. The van der Waals surface area contributed by atoms with E-state index in [1.807, 2.05) is 0 Å². The first-order valence-corrected chi connectivity index (χ1v) is 8.38. The number of aromatic nitrogens is 3. The van der Waals surface area contributed by atoms with Gasteiger partial charge in [0.1, 0.15) is 11.4 Å². The van der Waals surface area contributed by atoms with Crippen LogP contribution in [0.1, 0.15) is 32.3 Å². The molecule has 2 aromatic heterocycles. The Morgan fingerprint density at radius 1 is 1.46 bits per heavy atom. The molecule has 1 aliphatic rings. The summed E-state index contributed by atoms with van der Waals surface area (Å²) in [7, 11) is 0. The first-order valence-electron chi connectivity index (χ1n) is 8.38. The Labute approximate surface area is 148 Å². The van der Waals surface area contributed by atoms with E-state index in [4.69, 9.17) is 4.74 Å². The van der Waals surface area contributed by atoms with E-state index in [1.165, 1.54) is 6.20 Å². The number of anilines is 1. The van der Waals surface area contributed by atoms with Crippen LogP contribution < -0.4 is 5.32 Å². The summed E-state index contributed by atoms with van der Waals surface area (Å²) in [5, 5.41) is 6.68. The standard InChI is InChI=1S/C16H20F3N5O2/c1-10(2)26-15(25)23-6-3-4-11(23)8-20-13-5-7-24-14(22-13)12(9-21-24)16(17,18)19/h5,7,9-11H,3-4,6,8H2,1-2H3,(H,20,22). The summed E-state index contributed by atoms with van der Waals surface area (Å²) in [4.78, 5) is 17.8. The van der Waals surface area contributed by atoms with Gasteiger partial charge in [0, 0.05) is 19.3 Å². The van der Waals surface area contributed by atoms with Crippen LogP contribution in [0.3, 0.4) is 0 Å². The van der Waals surface area contributed by atoms with Crippen LogP contribution in [-0.4, -0.2) is 50.8 Å². The Morgan fingerprint density at radius 3 is 2.92 bits per heavy atom. The zero-order chi connectivity index (χ0) is 18.9. The summed E-state index contributed by atoms with van der Waals surface area (Å²) in [6.07, 6.45) is -1.27. The minimum absolute atomic E-state index is 0.0914. The minimum atomic E-state index is -4.52.